The summed E-state index contributed by atoms with van der Waals surface area (Å²) < 4.78 is 26.7. The minimum absolute atomic E-state index is 0.114. The van der Waals surface area contributed by atoms with Gasteiger partial charge in [0.1, 0.15) is 11.5 Å². The number of benzene rings is 1. The highest BCUT2D eigenvalue weighted by atomic mass is 19.1. The van der Waals surface area contributed by atoms with Crippen LogP contribution in [0.25, 0.3) is 0 Å². The minimum Gasteiger partial charge on any atom is -0.378 e. The van der Waals surface area contributed by atoms with Crippen LogP contribution in [0.4, 0.5) is 20.2 Å². The maximum Gasteiger partial charge on any atom is 0.327 e. The molecule has 2 rings (SSSR count). The van der Waals surface area contributed by atoms with Crippen LogP contribution in [0.5, 0.6) is 0 Å². The zero-order valence-electron chi connectivity index (χ0n) is 11.9. The second-order valence-electron chi connectivity index (χ2n) is 5.39. The monoisotopic (exact) mass is 299 g/mol. The van der Waals surface area contributed by atoms with Crippen molar-refractivity contribution in [1.82, 2.24) is 4.90 Å². The average molecular weight is 299 g/mol. The summed E-state index contributed by atoms with van der Waals surface area (Å²) in [7, 11) is 2.00. The van der Waals surface area contributed by atoms with Crippen LogP contribution in [0.2, 0.25) is 0 Å². The maximum absolute atomic E-state index is 13.5. The van der Waals surface area contributed by atoms with E-state index in [4.69, 9.17) is 0 Å². The first-order valence-electron chi connectivity index (χ1n) is 7.06. The zero-order chi connectivity index (χ0) is 15.4. The van der Waals surface area contributed by atoms with Crippen molar-refractivity contribution in [3.63, 3.8) is 0 Å². The summed E-state index contributed by atoms with van der Waals surface area (Å²) in [6, 6.07) is 2.01. The van der Waals surface area contributed by atoms with E-state index in [0.717, 1.165) is 18.9 Å². The molecule has 0 aromatic heterocycles. The Balaban J connectivity index is 1.97. The molecule has 116 valence electrons. The predicted octanol–water partition coefficient (Wildman–Crippen LogP) is 3.16. The Bertz CT molecular complexity index is 519. The lowest BCUT2D eigenvalue weighted by atomic mass is 10.2. The molecule has 1 aliphatic rings. The normalized spacial score (nSPS) is 15.6. The van der Waals surface area contributed by atoms with Crippen LogP contribution in [0.3, 0.4) is 0 Å². The predicted molar refractivity (Wildman–Crippen MR) is 76.4 cm³/mol. The van der Waals surface area contributed by atoms with Crippen LogP contribution in [-0.4, -0.2) is 36.0 Å². The van der Waals surface area contributed by atoms with Crippen molar-refractivity contribution in [2.24, 2.45) is 0 Å². The number of nitro benzene ring substituents is 1. The summed E-state index contributed by atoms with van der Waals surface area (Å²) in [5.74, 6) is -1.99. The number of hydrogen-bond donors (Lipinski definition) is 1. The third-order valence-corrected chi connectivity index (χ3v) is 3.94. The van der Waals surface area contributed by atoms with Crippen molar-refractivity contribution < 1.29 is 13.7 Å². The molecular formula is C14H19F2N3O2. The first-order chi connectivity index (χ1) is 9.99. The molecule has 0 atom stereocenters. The van der Waals surface area contributed by atoms with E-state index in [1.54, 1.807) is 0 Å². The molecule has 0 radical (unpaired) electrons. The van der Waals surface area contributed by atoms with Crippen LogP contribution >= 0.6 is 0 Å². The van der Waals surface area contributed by atoms with Crippen molar-refractivity contribution >= 4 is 11.4 Å². The number of nitro groups is 1. The Morgan fingerprint density at radius 1 is 1.38 bits per heavy atom. The van der Waals surface area contributed by atoms with Gasteiger partial charge in [-0.05, 0) is 19.9 Å². The highest BCUT2D eigenvalue weighted by molar-refractivity contribution is 5.62. The van der Waals surface area contributed by atoms with Gasteiger partial charge < -0.3 is 10.2 Å². The van der Waals surface area contributed by atoms with Crippen LogP contribution in [0.1, 0.15) is 25.7 Å². The van der Waals surface area contributed by atoms with Gasteiger partial charge in [0, 0.05) is 31.3 Å². The second-order valence-corrected chi connectivity index (χ2v) is 5.39. The molecule has 5 nitrogen and oxygen atoms in total. The molecule has 0 saturated heterocycles. The van der Waals surface area contributed by atoms with Crippen molar-refractivity contribution in [1.29, 1.82) is 0 Å². The van der Waals surface area contributed by atoms with Crippen molar-refractivity contribution in [3.05, 3.63) is 33.9 Å². The lowest BCUT2D eigenvalue weighted by Gasteiger charge is -2.24. The molecule has 0 amide bonds. The van der Waals surface area contributed by atoms with Crippen LogP contribution < -0.4 is 5.32 Å². The third-order valence-electron chi connectivity index (χ3n) is 3.94. The molecular weight excluding hydrogens is 280 g/mol. The van der Waals surface area contributed by atoms with Crippen LogP contribution in [-0.2, 0) is 0 Å². The topological polar surface area (TPSA) is 58.4 Å². The molecule has 1 fully saturated rings. The quantitative estimate of drug-likeness (QED) is 0.647. The van der Waals surface area contributed by atoms with Crippen LogP contribution in [0, 0.1) is 21.7 Å². The number of rotatable bonds is 6. The van der Waals surface area contributed by atoms with Crippen molar-refractivity contribution in [2.75, 3.05) is 25.5 Å². The molecule has 1 aromatic carbocycles. The van der Waals surface area contributed by atoms with E-state index >= 15 is 0 Å². The zero-order valence-corrected chi connectivity index (χ0v) is 11.9. The summed E-state index contributed by atoms with van der Waals surface area (Å²) in [4.78, 5) is 12.2. The number of anilines is 1. The molecule has 0 unspecified atom stereocenters. The summed E-state index contributed by atoms with van der Waals surface area (Å²) in [6.45, 7) is 1.07. The highest BCUT2D eigenvalue weighted by Gasteiger charge is 2.23. The molecule has 0 spiro atoms. The minimum atomic E-state index is -1.16. The second kappa shape index (κ2) is 6.80. The van der Waals surface area contributed by atoms with Gasteiger partial charge in [0.25, 0.3) is 0 Å². The summed E-state index contributed by atoms with van der Waals surface area (Å²) in [5.41, 5.74) is -0.822. The van der Waals surface area contributed by atoms with E-state index in [2.05, 4.69) is 10.2 Å². The van der Waals surface area contributed by atoms with E-state index in [9.17, 15) is 18.9 Å². The first-order valence-corrected chi connectivity index (χ1v) is 7.06. The Labute approximate surface area is 122 Å². The summed E-state index contributed by atoms with van der Waals surface area (Å²) in [5, 5.41) is 13.6. The number of nitrogens with one attached hydrogen (secondary N) is 1. The van der Waals surface area contributed by atoms with Gasteiger partial charge in [-0.25, -0.2) is 4.39 Å². The molecule has 7 heteroatoms. The van der Waals surface area contributed by atoms with Gasteiger partial charge in [0.15, 0.2) is 0 Å². The largest absolute Gasteiger partial charge is 0.378 e. The molecule has 21 heavy (non-hydrogen) atoms. The van der Waals surface area contributed by atoms with E-state index in [0.29, 0.717) is 25.2 Å². The molecule has 0 heterocycles. The molecule has 1 saturated carbocycles. The number of nitrogens with zero attached hydrogens (tertiary/aromatic N) is 2. The van der Waals surface area contributed by atoms with Gasteiger partial charge >= 0.3 is 5.69 Å². The van der Waals surface area contributed by atoms with E-state index in [1.165, 1.54) is 12.8 Å². The molecule has 0 aliphatic heterocycles. The van der Waals surface area contributed by atoms with Gasteiger partial charge in [0.05, 0.1) is 4.92 Å². The SMILES string of the molecule is CN(CCNc1cc(F)cc(F)c1[N+](=O)[O-])C1CCCC1. The van der Waals surface area contributed by atoms with Gasteiger partial charge in [-0.3, -0.25) is 10.1 Å². The van der Waals surface area contributed by atoms with Gasteiger partial charge in [-0.1, -0.05) is 12.8 Å². The molecule has 0 bridgehead atoms. The number of halogens is 2. The van der Waals surface area contributed by atoms with Gasteiger partial charge in [-0.2, -0.15) is 4.39 Å². The van der Waals surface area contributed by atoms with Gasteiger partial charge in [-0.15, -0.1) is 0 Å². The summed E-state index contributed by atoms with van der Waals surface area (Å²) in [6.07, 6.45) is 4.77. The molecule has 1 aliphatic carbocycles. The number of hydrogen-bond acceptors (Lipinski definition) is 4. The highest BCUT2D eigenvalue weighted by Crippen LogP contribution is 2.28. The fourth-order valence-electron chi connectivity index (χ4n) is 2.78. The smallest absolute Gasteiger partial charge is 0.327 e. The lowest BCUT2D eigenvalue weighted by Crippen LogP contribution is -2.33. The Hall–Kier alpha value is -1.76. The Morgan fingerprint density at radius 2 is 2.05 bits per heavy atom. The Morgan fingerprint density at radius 3 is 2.67 bits per heavy atom. The molecule has 1 N–H and O–H groups in total. The van der Waals surface area contributed by atoms with Crippen molar-refractivity contribution in [2.45, 2.75) is 31.7 Å². The van der Waals surface area contributed by atoms with E-state index < -0.39 is 22.2 Å². The third kappa shape index (κ3) is 3.87. The van der Waals surface area contributed by atoms with Crippen molar-refractivity contribution in [3.8, 4) is 0 Å². The van der Waals surface area contributed by atoms with E-state index in [1.807, 2.05) is 7.05 Å². The van der Waals surface area contributed by atoms with Crippen LogP contribution in [0.15, 0.2) is 12.1 Å². The first kappa shape index (κ1) is 15.6. The lowest BCUT2D eigenvalue weighted by molar-refractivity contribution is -0.386. The van der Waals surface area contributed by atoms with E-state index in [-0.39, 0.29) is 5.69 Å². The fourth-order valence-corrected chi connectivity index (χ4v) is 2.78. The maximum atomic E-state index is 13.5. The Kier molecular flexibility index (Phi) is 5.06. The number of likely N-dealkylation sites (N-methyl/N-ethyl adjacent to an activating group) is 1. The standard InChI is InChI=1S/C14H19F2N3O2/c1-18(11-4-2-3-5-11)7-6-17-13-9-10(15)8-12(16)14(13)19(20)21/h8-9,11,17H,2-7H2,1H3. The fraction of sp³-hybridized carbons (Fsp3) is 0.571. The average Bonchev–Trinajstić information content (AvgIpc) is 2.91. The summed E-state index contributed by atoms with van der Waals surface area (Å²) >= 11 is 0. The molecule has 1 aromatic rings. The van der Waals surface area contributed by atoms with Gasteiger partial charge in [0.2, 0.25) is 5.82 Å².